The maximum Gasteiger partial charge on any atom is 0.123 e. The molecule has 19 heavy (non-hydrogen) atoms. The van der Waals surface area contributed by atoms with E-state index in [1.165, 1.54) is 12.1 Å². The molecule has 0 amide bonds. The second-order valence-electron chi connectivity index (χ2n) is 4.26. The summed E-state index contributed by atoms with van der Waals surface area (Å²) in [5, 5.41) is 10.2. The van der Waals surface area contributed by atoms with Gasteiger partial charge in [-0.2, -0.15) is 0 Å². The van der Waals surface area contributed by atoms with Crippen LogP contribution < -0.4 is 0 Å². The van der Waals surface area contributed by atoms with Crippen LogP contribution >= 0.6 is 27.7 Å². The number of thioether (sulfide) groups is 1. The van der Waals surface area contributed by atoms with E-state index in [0.29, 0.717) is 5.75 Å². The zero-order chi connectivity index (χ0) is 13.8. The van der Waals surface area contributed by atoms with Gasteiger partial charge in [-0.05, 0) is 58.2 Å². The van der Waals surface area contributed by atoms with Crippen molar-refractivity contribution in [2.45, 2.75) is 17.9 Å². The van der Waals surface area contributed by atoms with Crippen molar-refractivity contribution in [3.63, 3.8) is 0 Å². The minimum atomic E-state index is -0.599. The minimum Gasteiger partial charge on any atom is -0.388 e. The van der Waals surface area contributed by atoms with E-state index in [1.54, 1.807) is 17.8 Å². The molecule has 0 fully saturated rings. The fraction of sp³-hybridized carbons (Fsp3) is 0.200. The fourth-order valence-electron chi connectivity index (χ4n) is 1.83. The van der Waals surface area contributed by atoms with E-state index >= 15 is 0 Å². The number of aryl methyl sites for hydroxylation is 1. The Labute approximate surface area is 125 Å². The first kappa shape index (κ1) is 14.6. The van der Waals surface area contributed by atoms with Crippen LogP contribution in [0.15, 0.2) is 51.8 Å². The van der Waals surface area contributed by atoms with Gasteiger partial charge in [-0.1, -0.05) is 18.2 Å². The van der Waals surface area contributed by atoms with Gasteiger partial charge >= 0.3 is 0 Å². The number of aliphatic hydroxyl groups is 1. The van der Waals surface area contributed by atoms with Crippen LogP contribution in [-0.2, 0) is 0 Å². The Morgan fingerprint density at radius 1 is 1.26 bits per heavy atom. The average molecular weight is 341 g/mol. The maximum absolute atomic E-state index is 13.0. The molecule has 0 saturated heterocycles. The molecule has 2 aromatic carbocycles. The van der Waals surface area contributed by atoms with Crippen molar-refractivity contribution in [1.82, 2.24) is 0 Å². The van der Waals surface area contributed by atoms with Gasteiger partial charge < -0.3 is 5.11 Å². The molecular formula is C15H14BrFOS. The van der Waals surface area contributed by atoms with Gasteiger partial charge in [-0.3, -0.25) is 0 Å². The van der Waals surface area contributed by atoms with Gasteiger partial charge in [0.25, 0.3) is 0 Å². The van der Waals surface area contributed by atoms with Gasteiger partial charge in [0.2, 0.25) is 0 Å². The molecular weight excluding hydrogens is 327 g/mol. The molecule has 2 aromatic rings. The summed E-state index contributed by atoms with van der Waals surface area (Å²) in [7, 11) is 0. The van der Waals surface area contributed by atoms with Crippen molar-refractivity contribution in [2.75, 3.05) is 5.75 Å². The molecule has 1 nitrogen and oxygen atoms in total. The van der Waals surface area contributed by atoms with Gasteiger partial charge in [-0.25, -0.2) is 4.39 Å². The van der Waals surface area contributed by atoms with Gasteiger partial charge in [-0.15, -0.1) is 11.8 Å². The van der Waals surface area contributed by atoms with Gasteiger partial charge in [0.1, 0.15) is 5.82 Å². The summed E-state index contributed by atoms with van der Waals surface area (Å²) >= 11 is 5.05. The van der Waals surface area contributed by atoms with Gasteiger partial charge in [0.05, 0.1) is 6.10 Å². The molecule has 0 spiro atoms. The van der Waals surface area contributed by atoms with Crippen LogP contribution in [0, 0.1) is 12.7 Å². The van der Waals surface area contributed by atoms with Crippen molar-refractivity contribution < 1.29 is 9.50 Å². The molecule has 1 atom stereocenters. The van der Waals surface area contributed by atoms with Crippen molar-refractivity contribution >= 4 is 27.7 Å². The number of rotatable bonds is 4. The third-order valence-corrected chi connectivity index (χ3v) is 4.93. The highest BCUT2D eigenvalue weighted by Crippen LogP contribution is 2.31. The second-order valence-corrected chi connectivity index (χ2v) is 6.17. The Hall–Kier alpha value is -0.840. The number of halogens is 2. The fourth-order valence-corrected chi connectivity index (χ4v) is 3.36. The molecule has 0 saturated carbocycles. The van der Waals surface area contributed by atoms with Crippen LogP contribution in [0.5, 0.6) is 0 Å². The Bertz CT molecular complexity index is 574. The van der Waals surface area contributed by atoms with E-state index < -0.39 is 6.10 Å². The lowest BCUT2D eigenvalue weighted by molar-refractivity contribution is 0.203. The minimum absolute atomic E-state index is 0.271. The van der Waals surface area contributed by atoms with Crippen LogP contribution in [0.2, 0.25) is 0 Å². The van der Waals surface area contributed by atoms with E-state index in [2.05, 4.69) is 15.9 Å². The summed E-state index contributed by atoms with van der Waals surface area (Å²) in [5.41, 5.74) is 1.56. The lowest BCUT2D eigenvalue weighted by Crippen LogP contribution is -2.03. The van der Waals surface area contributed by atoms with E-state index in [1.807, 2.05) is 31.2 Å². The highest BCUT2D eigenvalue weighted by Gasteiger charge is 2.12. The molecule has 0 heterocycles. The highest BCUT2D eigenvalue weighted by molar-refractivity contribution is 9.10. The molecule has 2 rings (SSSR count). The molecule has 0 radical (unpaired) electrons. The maximum atomic E-state index is 13.0. The van der Waals surface area contributed by atoms with E-state index in [-0.39, 0.29) is 5.82 Å². The highest BCUT2D eigenvalue weighted by atomic mass is 79.9. The van der Waals surface area contributed by atoms with Crippen molar-refractivity contribution in [2.24, 2.45) is 0 Å². The van der Waals surface area contributed by atoms with Crippen LogP contribution in [-0.4, -0.2) is 10.9 Å². The summed E-state index contributed by atoms with van der Waals surface area (Å²) in [6, 6.07) is 12.4. The van der Waals surface area contributed by atoms with E-state index in [9.17, 15) is 9.50 Å². The van der Waals surface area contributed by atoms with Crippen molar-refractivity contribution in [3.8, 4) is 0 Å². The molecule has 100 valence electrons. The SMILES string of the molecule is Cc1cc(F)ccc1C(O)CSc1ccccc1Br. The lowest BCUT2D eigenvalue weighted by Gasteiger charge is -2.14. The Morgan fingerprint density at radius 2 is 2.00 bits per heavy atom. The quantitative estimate of drug-likeness (QED) is 0.812. The number of benzene rings is 2. The first-order chi connectivity index (χ1) is 9.08. The predicted molar refractivity (Wildman–Crippen MR) is 81.0 cm³/mol. The normalized spacial score (nSPS) is 12.4. The molecule has 0 aliphatic heterocycles. The van der Waals surface area contributed by atoms with Gasteiger partial charge in [0.15, 0.2) is 0 Å². The first-order valence-corrected chi connectivity index (χ1v) is 7.67. The predicted octanol–water partition coefficient (Wildman–Crippen LogP) is 4.72. The Balaban J connectivity index is 2.05. The second kappa shape index (κ2) is 6.55. The molecule has 1 unspecified atom stereocenters. The summed E-state index contributed by atoms with van der Waals surface area (Å²) in [6.45, 7) is 1.81. The van der Waals surface area contributed by atoms with Crippen molar-refractivity contribution in [3.05, 3.63) is 63.9 Å². The third-order valence-electron chi connectivity index (χ3n) is 2.82. The lowest BCUT2D eigenvalue weighted by atomic mass is 10.0. The zero-order valence-corrected chi connectivity index (χ0v) is 12.8. The number of aliphatic hydroxyl groups excluding tert-OH is 1. The first-order valence-electron chi connectivity index (χ1n) is 5.89. The molecule has 0 aliphatic carbocycles. The summed E-state index contributed by atoms with van der Waals surface area (Å²) in [4.78, 5) is 1.08. The largest absolute Gasteiger partial charge is 0.388 e. The smallest absolute Gasteiger partial charge is 0.123 e. The average Bonchev–Trinajstić information content (AvgIpc) is 2.37. The molecule has 0 aromatic heterocycles. The molecule has 0 bridgehead atoms. The summed E-state index contributed by atoms with van der Waals surface area (Å²) in [5.74, 6) is 0.265. The summed E-state index contributed by atoms with van der Waals surface area (Å²) < 4.78 is 14.0. The van der Waals surface area contributed by atoms with Crippen molar-refractivity contribution in [1.29, 1.82) is 0 Å². The van der Waals surface area contributed by atoms with Gasteiger partial charge in [0, 0.05) is 15.1 Å². The monoisotopic (exact) mass is 340 g/mol. The van der Waals surface area contributed by atoms with Crippen LogP contribution in [0.1, 0.15) is 17.2 Å². The van der Waals surface area contributed by atoms with E-state index in [0.717, 1.165) is 20.5 Å². The Morgan fingerprint density at radius 3 is 2.68 bits per heavy atom. The van der Waals surface area contributed by atoms with Crippen LogP contribution in [0.3, 0.4) is 0 Å². The van der Waals surface area contributed by atoms with Crippen LogP contribution in [0.25, 0.3) is 0 Å². The van der Waals surface area contributed by atoms with Crippen LogP contribution in [0.4, 0.5) is 4.39 Å². The topological polar surface area (TPSA) is 20.2 Å². The summed E-state index contributed by atoms with van der Waals surface area (Å²) in [6.07, 6.45) is -0.599. The Kier molecular flexibility index (Phi) is 5.02. The molecule has 4 heteroatoms. The molecule has 1 N–H and O–H groups in total. The number of hydrogen-bond acceptors (Lipinski definition) is 2. The third kappa shape index (κ3) is 3.81. The number of hydrogen-bond donors (Lipinski definition) is 1. The molecule has 0 aliphatic rings. The standard InChI is InChI=1S/C15H14BrFOS/c1-10-8-11(17)6-7-12(10)14(18)9-19-15-5-3-2-4-13(15)16/h2-8,14,18H,9H2,1H3. The zero-order valence-electron chi connectivity index (χ0n) is 10.4. The van der Waals surface area contributed by atoms with E-state index in [4.69, 9.17) is 0 Å².